The van der Waals surface area contributed by atoms with E-state index in [4.69, 9.17) is 4.74 Å². The van der Waals surface area contributed by atoms with E-state index in [2.05, 4.69) is 5.43 Å². The summed E-state index contributed by atoms with van der Waals surface area (Å²) in [4.78, 5) is 50.8. The van der Waals surface area contributed by atoms with Gasteiger partial charge in [-0.05, 0) is 49.4 Å². The molecule has 1 aromatic rings. The van der Waals surface area contributed by atoms with E-state index >= 15 is 0 Å². The molecule has 0 unspecified atom stereocenters. The van der Waals surface area contributed by atoms with Crippen molar-refractivity contribution in [1.29, 1.82) is 0 Å². The van der Waals surface area contributed by atoms with Crippen molar-refractivity contribution in [2.45, 2.75) is 57.0 Å². The largest absolute Gasteiger partial charge is 0.467 e. The van der Waals surface area contributed by atoms with Crippen LogP contribution in [0.4, 0.5) is 5.69 Å². The minimum absolute atomic E-state index is 0.0676. The summed E-state index contributed by atoms with van der Waals surface area (Å²) in [5.41, 5.74) is 3.81. The van der Waals surface area contributed by atoms with Gasteiger partial charge in [0.15, 0.2) is 0 Å². The summed E-state index contributed by atoms with van der Waals surface area (Å²) in [5.74, 6) is -0.746. The highest BCUT2D eigenvalue weighted by molar-refractivity contribution is 6.03. The molecule has 0 spiro atoms. The molecule has 3 amide bonds. The minimum Gasteiger partial charge on any atom is -0.467 e. The summed E-state index contributed by atoms with van der Waals surface area (Å²) >= 11 is 0. The third kappa shape index (κ3) is 3.59. The number of hydrogen-bond acceptors (Lipinski definition) is 6. The number of imide groups is 1. The molecule has 1 saturated carbocycles. The average molecular weight is 399 g/mol. The summed E-state index contributed by atoms with van der Waals surface area (Å²) < 4.78 is 4.96. The third-order valence-corrected chi connectivity index (χ3v) is 6.22. The lowest BCUT2D eigenvalue weighted by molar-refractivity contribution is -0.145. The number of ether oxygens (including phenoxy) is 1. The van der Waals surface area contributed by atoms with Gasteiger partial charge in [-0.3, -0.25) is 19.8 Å². The van der Waals surface area contributed by atoms with Crippen molar-refractivity contribution in [3.05, 3.63) is 29.8 Å². The van der Waals surface area contributed by atoms with Crippen LogP contribution in [0.5, 0.6) is 0 Å². The molecular weight excluding hydrogens is 374 g/mol. The van der Waals surface area contributed by atoms with Crippen molar-refractivity contribution in [3.63, 3.8) is 0 Å². The van der Waals surface area contributed by atoms with Crippen LogP contribution in [0.15, 0.2) is 24.3 Å². The first-order chi connectivity index (χ1) is 14.0. The fraction of sp³-hybridized carbons (Fsp3) is 0.524. The number of benzene rings is 1. The number of nitrogens with one attached hydrogen (secondary N) is 1. The quantitative estimate of drug-likeness (QED) is 0.615. The standard InChI is InChI=1S/C21H25N3O5/c1-29-21(28)17-12-14-4-2-3-5-16(14)23(17)20(27)13-6-8-15(9-7-13)22-24-18(25)10-11-19(24)26/h6-9,14,16-17,22H,2-5,10-12H2,1H3/t14-,16-,17-/m0/s1. The van der Waals surface area contributed by atoms with Gasteiger partial charge in [-0.15, -0.1) is 0 Å². The van der Waals surface area contributed by atoms with Gasteiger partial charge in [0.1, 0.15) is 6.04 Å². The number of carbonyl (C=O) groups is 4. The molecule has 154 valence electrons. The predicted octanol–water partition coefficient (Wildman–Crippen LogP) is 2.11. The molecule has 3 fully saturated rings. The summed E-state index contributed by atoms with van der Waals surface area (Å²) in [6.45, 7) is 0. The first-order valence-electron chi connectivity index (χ1n) is 10.1. The van der Waals surface area contributed by atoms with Gasteiger partial charge >= 0.3 is 5.97 Å². The van der Waals surface area contributed by atoms with E-state index in [1.165, 1.54) is 7.11 Å². The molecule has 8 nitrogen and oxygen atoms in total. The first-order valence-corrected chi connectivity index (χ1v) is 10.1. The Morgan fingerprint density at radius 1 is 1.03 bits per heavy atom. The second kappa shape index (κ2) is 7.85. The van der Waals surface area contributed by atoms with Gasteiger partial charge in [-0.1, -0.05) is 12.8 Å². The van der Waals surface area contributed by atoms with E-state index in [-0.39, 0.29) is 42.6 Å². The van der Waals surface area contributed by atoms with Gasteiger partial charge in [0.2, 0.25) is 11.8 Å². The molecule has 2 aliphatic heterocycles. The van der Waals surface area contributed by atoms with E-state index in [0.29, 0.717) is 23.6 Å². The molecule has 0 bridgehead atoms. The topological polar surface area (TPSA) is 96.0 Å². The van der Waals surface area contributed by atoms with E-state index in [9.17, 15) is 19.2 Å². The highest BCUT2D eigenvalue weighted by Gasteiger charge is 2.48. The number of anilines is 1. The lowest BCUT2D eigenvalue weighted by Crippen LogP contribution is -2.46. The van der Waals surface area contributed by atoms with E-state index in [0.717, 1.165) is 30.7 Å². The van der Waals surface area contributed by atoms with E-state index < -0.39 is 6.04 Å². The normalized spacial score (nSPS) is 26.4. The van der Waals surface area contributed by atoms with E-state index in [1.54, 1.807) is 29.2 Å². The molecule has 1 N–H and O–H groups in total. The van der Waals surface area contributed by atoms with Crippen LogP contribution in [0.2, 0.25) is 0 Å². The molecule has 0 radical (unpaired) electrons. The number of hydrogen-bond donors (Lipinski definition) is 1. The molecule has 3 atom stereocenters. The Bertz CT molecular complexity index is 821. The van der Waals surface area contributed by atoms with Crippen molar-refractivity contribution < 1.29 is 23.9 Å². The number of esters is 1. The lowest BCUT2D eigenvalue weighted by Gasteiger charge is -2.33. The van der Waals surface area contributed by atoms with Gasteiger partial charge < -0.3 is 9.64 Å². The Balaban J connectivity index is 1.52. The van der Waals surface area contributed by atoms with Crippen LogP contribution in [0.25, 0.3) is 0 Å². The number of fused-ring (bicyclic) bond motifs is 1. The Morgan fingerprint density at radius 2 is 1.69 bits per heavy atom. The van der Waals surface area contributed by atoms with Crippen LogP contribution >= 0.6 is 0 Å². The molecule has 2 saturated heterocycles. The zero-order valence-electron chi connectivity index (χ0n) is 16.4. The smallest absolute Gasteiger partial charge is 0.328 e. The van der Waals surface area contributed by atoms with Crippen molar-refractivity contribution in [3.8, 4) is 0 Å². The van der Waals surface area contributed by atoms with Crippen LogP contribution in [0, 0.1) is 5.92 Å². The summed E-state index contributed by atoms with van der Waals surface area (Å²) in [7, 11) is 1.36. The van der Waals surface area contributed by atoms with Crippen LogP contribution < -0.4 is 5.43 Å². The molecule has 8 heteroatoms. The number of likely N-dealkylation sites (tertiary alicyclic amines) is 1. The summed E-state index contributed by atoms with van der Waals surface area (Å²) in [5, 5.41) is 1.01. The molecular formula is C21H25N3O5. The fourth-order valence-corrected chi connectivity index (χ4v) is 4.77. The molecule has 29 heavy (non-hydrogen) atoms. The molecule has 3 aliphatic rings. The zero-order valence-corrected chi connectivity index (χ0v) is 16.4. The van der Waals surface area contributed by atoms with E-state index in [1.807, 2.05) is 0 Å². The van der Waals surface area contributed by atoms with Gasteiger partial charge in [0.25, 0.3) is 5.91 Å². The van der Waals surface area contributed by atoms with Gasteiger partial charge in [0.05, 0.1) is 12.8 Å². The molecule has 4 rings (SSSR count). The number of methoxy groups -OCH3 is 1. The maximum absolute atomic E-state index is 13.3. The average Bonchev–Trinajstić information content (AvgIpc) is 3.28. The highest BCUT2D eigenvalue weighted by Crippen LogP contribution is 2.40. The SMILES string of the molecule is COC(=O)[C@@H]1C[C@@H]2CCCC[C@@H]2N1C(=O)c1ccc(NN2C(=O)CCC2=O)cc1. The maximum atomic E-state index is 13.3. The van der Waals surface area contributed by atoms with Crippen LogP contribution in [0.3, 0.4) is 0 Å². The van der Waals surface area contributed by atoms with Gasteiger partial charge in [-0.2, -0.15) is 5.01 Å². The number of hydrazine groups is 1. The lowest BCUT2D eigenvalue weighted by atomic mass is 9.84. The maximum Gasteiger partial charge on any atom is 0.328 e. The van der Waals surface area contributed by atoms with Crippen molar-refractivity contribution in [1.82, 2.24) is 9.91 Å². The Labute approximate surface area is 169 Å². The van der Waals surface area contributed by atoms with Crippen LogP contribution in [-0.2, 0) is 19.1 Å². The second-order valence-electron chi connectivity index (χ2n) is 7.91. The minimum atomic E-state index is -0.543. The summed E-state index contributed by atoms with van der Waals surface area (Å²) in [6, 6.07) is 6.15. The molecule has 1 aliphatic carbocycles. The Morgan fingerprint density at radius 3 is 2.34 bits per heavy atom. The molecule has 2 heterocycles. The molecule has 0 aromatic heterocycles. The summed E-state index contributed by atoms with van der Waals surface area (Å²) in [6.07, 6.45) is 5.18. The van der Waals surface area contributed by atoms with Crippen molar-refractivity contribution in [2.75, 3.05) is 12.5 Å². The number of amides is 3. The fourth-order valence-electron chi connectivity index (χ4n) is 4.77. The van der Waals surface area contributed by atoms with Gasteiger partial charge in [-0.25, -0.2) is 4.79 Å². The highest BCUT2D eigenvalue weighted by atomic mass is 16.5. The Kier molecular flexibility index (Phi) is 5.25. The zero-order chi connectivity index (χ0) is 20.5. The monoisotopic (exact) mass is 399 g/mol. The number of rotatable bonds is 4. The third-order valence-electron chi connectivity index (χ3n) is 6.22. The first kappa shape index (κ1) is 19.4. The molecule has 1 aromatic carbocycles. The Hall–Kier alpha value is -2.90. The van der Waals surface area contributed by atoms with Crippen molar-refractivity contribution >= 4 is 29.4 Å². The van der Waals surface area contributed by atoms with Crippen LogP contribution in [0.1, 0.15) is 55.3 Å². The number of carbonyl (C=O) groups excluding carboxylic acids is 4. The van der Waals surface area contributed by atoms with Crippen molar-refractivity contribution in [2.24, 2.45) is 5.92 Å². The number of nitrogens with zero attached hydrogens (tertiary/aromatic N) is 2. The van der Waals surface area contributed by atoms with Gasteiger partial charge in [0, 0.05) is 24.4 Å². The second-order valence-corrected chi connectivity index (χ2v) is 7.91. The predicted molar refractivity (Wildman–Crippen MR) is 103 cm³/mol. The van der Waals surface area contributed by atoms with Crippen LogP contribution in [-0.4, -0.2) is 52.8 Å².